The summed E-state index contributed by atoms with van der Waals surface area (Å²) >= 11 is 0. The standard InChI is InChI=1S/C25H33NO3/c1-4-28-24-15-19(14-22-25(27)20-9-11-26(22)12-10-20)7-8-23(24)29-16-21-13-17(2)5-6-18(21)3/h5-8,13,15,20,22,25,27H,4,9-12,14,16H2,1-3H3. The van der Waals surface area contributed by atoms with E-state index in [9.17, 15) is 5.11 Å². The smallest absolute Gasteiger partial charge is 0.161 e. The van der Waals surface area contributed by atoms with Gasteiger partial charge in [0.25, 0.3) is 0 Å². The highest BCUT2D eigenvalue weighted by molar-refractivity contribution is 5.44. The van der Waals surface area contributed by atoms with Crippen LogP contribution in [0.3, 0.4) is 0 Å². The van der Waals surface area contributed by atoms with E-state index in [2.05, 4.69) is 49.1 Å². The Bertz CT molecular complexity index is 840. The zero-order valence-electron chi connectivity index (χ0n) is 17.9. The molecule has 2 unspecified atom stereocenters. The number of nitrogens with zero attached hydrogens (tertiary/aromatic N) is 1. The Morgan fingerprint density at radius 2 is 1.79 bits per heavy atom. The third-order valence-corrected chi connectivity index (χ3v) is 6.56. The number of fused-ring (bicyclic) bond motifs is 3. The number of aliphatic hydroxyl groups is 1. The van der Waals surface area contributed by atoms with Crippen molar-refractivity contribution >= 4 is 0 Å². The second kappa shape index (κ2) is 8.76. The number of aryl methyl sites for hydroxylation is 2. The van der Waals surface area contributed by atoms with Crippen LogP contribution >= 0.6 is 0 Å². The van der Waals surface area contributed by atoms with Gasteiger partial charge in [-0.15, -0.1) is 0 Å². The molecule has 3 saturated heterocycles. The van der Waals surface area contributed by atoms with Gasteiger partial charge in [-0.25, -0.2) is 0 Å². The first-order chi connectivity index (χ1) is 14.0. The summed E-state index contributed by atoms with van der Waals surface area (Å²) in [5.41, 5.74) is 4.88. The Balaban J connectivity index is 1.48. The summed E-state index contributed by atoms with van der Waals surface area (Å²) < 4.78 is 12.0. The fourth-order valence-electron chi connectivity index (χ4n) is 4.79. The Morgan fingerprint density at radius 3 is 2.52 bits per heavy atom. The largest absolute Gasteiger partial charge is 0.490 e. The molecule has 2 aromatic carbocycles. The first kappa shape index (κ1) is 20.2. The van der Waals surface area contributed by atoms with Crippen LogP contribution in [0.4, 0.5) is 0 Å². The molecular weight excluding hydrogens is 362 g/mol. The second-order valence-corrected chi connectivity index (χ2v) is 8.57. The van der Waals surface area contributed by atoms with Gasteiger partial charge in [-0.2, -0.15) is 0 Å². The van der Waals surface area contributed by atoms with Crippen molar-refractivity contribution in [3.05, 3.63) is 58.7 Å². The predicted molar refractivity (Wildman–Crippen MR) is 116 cm³/mol. The second-order valence-electron chi connectivity index (χ2n) is 8.57. The molecule has 3 aliphatic heterocycles. The number of aliphatic hydroxyl groups excluding tert-OH is 1. The van der Waals surface area contributed by atoms with E-state index < -0.39 is 0 Å². The zero-order chi connectivity index (χ0) is 20.4. The van der Waals surface area contributed by atoms with E-state index in [1.807, 2.05) is 13.0 Å². The van der Waals surface area contributed by atoms with Gasteiger partial charge in [-0.05, 0) is 87.9 Å². The molecule has 2 aromatic rings. The monoisotopic (exact) mass is 395 g/mol. The number of piperidine rings is 3. The van der Waals surface area contributed by atoms with E-state index >= 15 is 0 Å². The van der Waals surface area contributed by atoms with E-state index in [1.54, 1.807) is 0 Å². The van der Waals surface area contributed by atoms with Crippen molar-refractivity contribution in [3.8, 4) is 11.5 Å². The molecule has 1 N–H and O–H groups in total. The fourth-order valence-corrected chi connectivity index (χ4v) is 4.79. The third-order valence-electron chi connectivity index (χ3n) is 6.56. The van der Waals surface area contributed by atoms with E-state index in [1.165, 1.54) is 22.3 Å². The molecule has 2 atom stereocenters. The molecule has 0 spiro atoms. The highest BCUT2D eigenvalue weighted by Crippen LogP contribution is 2.35. The Morgan fingerprint density at radius 1 is 1.00 bits per heavy atom. The van der Waals surface area contributed by atoms with Gasteiger partial charge in [0.1, 0.15) is 6.61 Å². The summed E-state index contributed by atoms with van der Waals surface area (Å²) in [5.74, 6) is 2.04. The van der Waals surface area contributed by atoms with Crippen LogP contribution in [-0.2, 0) is 13.0 Å². The highest BCUT2D eigenvalue weighted by atomic mass is 16.5. The topological polar surface area (TPSA) is 41.9 Å². The minimum Gasteiger partial charge on any atom is -0.490 e. The molecule has 3 aliphatic rings. The number of ether oxygens (including phenoxy) is 2. The van der Waals surface area contributed by atoms with Crippen molar-refractivity contribution in [2.45, 2.75) is 58.8 Å². The third kappa shape index (κ3) is 4.44. The van der Waals surface area contributed by atoms with Crippen LogP contribution < -0.4 is 9.47 Å². The van der Waals surface area contributed by atoms with Crippen LogP contribution in [0.2, 0.25) is 0 Å². The summed E-state index contributed by atoms with van der Waals surface area (Å²) in [5, 5.41) is 10.7. The average molecular weight is 396 g/mol. The van der Waals surface area contributed by atoms with Crippen LogP contribution in [0, 0.1) is 19.8 Å². The maximum atomic E-state index is 10.7. The normalized spacial score (nSPS) is 25.8. The first-order valence-electron chi connectivity index (χ1n) is 10.9. The van der Waals surface area contributed by atoms with E-state index in [-0.39, 0.29) is 12.1 Å². The number of hydrogen-bond donors (Lipinski definition) is 1. The van der Waals surface area contributed by atoms with Gasteiger partial charge >= 0.3 is 0 Å². The van der Waals surface area contributed by atoms with Crippen molar-refractivity contribution in [2.75, 3.05) is 19.7 Å². The van der Waals surface area contributed by atoms with Crippen LogP contribution in [0.15, 0.2) is 36.4 Å². The van der Waals surface area contributed by atoms with E-state index in [0.717, 1.165) is 43.9 Å². The van der Waals surface area contributed by atoms with Crippen molar-refractivity contribution < 1.29 is 14.6 Å². The highest BCUT2D eigenvalue weighted by Gasteiger charge is 2.40. The van der Waals surface area contributed by atoms with E-state index in [0.29, 0.717) is 19.1 Å². The lowest BCUT2D eigenvalue weighted by Gasteiger charge is -2.49. The molecule has 3 heterocycles. The summed E-state index contributed by atoms with van der Waals surface area (Å²) in [6.45, 7) is 9.57. The molecule has 156 valence electrons. The molecule has 0 radical (unpaired) electrons. The molecule has 29 heavy (non-hydrogen) atoms. The maximum absolute atomic E-state index is 10.7. The van der Waals surface area contributed by atoms with Crippen LogP contribution in [0.1, 0.15) is 42.0 Å². The molecule has 4 nitrogen and oxygen atoms in total. The van der Waals surface area contributed by atoms with Gasteiger partial charge in [0, 0.05) is 6.04 Å². The summed E-state index contributed by atoms with van der Waals surface area (Å²) in [4.78, 5) is 2.45. The minimum absolute atomic E-state index is 0.215. The van der Waals surface area contributed by atoms with Crippen LogP contribution in [0.25, 0.3) is 0 Å². The molecule has 0 amide bonds. The van der Waals surface area contributed by atoms with Crippen molar-refractivity contribution in [2.24, 2.45) is 5.92 Å². The van der Waals surface area contributed by atoms with Gasteiger partial charge in [0.15, 0.2) is 11.5 Å². The lowest BCUT2D eigenvalue weighted by Crippen LogP contribution is -2.58. The number of benzene rings is 2. The Kier molecular flexibility index (Phi) is 6.12. The average Bonchev–Trinajstić information content (AvgIpc) is 2.73. The van der Waals surface area contributed by atoms with E-state index in [4.69, 9.17) is 9.47 Å². The summed E-state index contributed by atoms with van der Waals surface area (Å²) in [6, 6.07) is 12.9. The quantitative estimate of drug-likeness (QED) is 0.760. The Labute approximate surface area is 174 Å². The van der Waals surface area contributed by atoms with Gasteiger partial charge in [0.2, 0.25) is 0 Å². The Hall–Kier alpha value is -2.04. The van der Waals surface area contributed by atoms with Crippen LogP contribution in [0.5, 0.6) is 11.5 Å². The maximum Gasteiger partial charge on any atom is 0.161 e. The molecule has 5 rings (SSSR count). The lowest BCUT2D eigenvalue weighted by molar-refractivity contribution is -0.0715. The van der Waals surface area contributed by atoms with Crippen molar-refractivity contribution in [3.63, 3.8) is 0 Å². The van der Waals surface area contributed by atoms with Gasteiger partial charge in [-0.3, -0.25) is 4.90 Å². The molecular formula is C25H33NO3. The molecule has 4 heteroatoms. The van der Waals surface area contributed by atoms with Crippen LogP contribution in [-0.4, -0.2) is 41.8 Å². The SMILES string of the molecule is CCOc1cc(CC2C(O)C3CCN2CC3)ccc1OCc1cc(C)ccc1C. The molecule has 3 fully saturated rings. The molecule has 0 aliphatic carbocycles. The number of hydrogen-bond acceptors (Lipinski definition) is 4. The summed E-state index contributed by atoms with van der Waals surface area (Å²) in [6.07, 6.45) is 2.91. The predicted octanol–water partition coefficient (Wildman–Crippen LogP) is 4.28. The fraction of sp³-hybridized carbons (Fsp3) is 0.520. The van der Waals surface area contributed by atoms with Gasteiger partial charge < -0.3 is 14.6 Å². The minimum atomic E-state index is -0.215. The summed E-state index contributed by atoms with van der Waals surface area (Å²) in [7, 11) is 0. The lowest BCUT2D eigenvalue weighted by atomic mass is 9.78. The van der Waals surface area contributed by atoms with Gasteiger partial charge in [-0.1, -0.05) is 29.8 Å². The molecule has 0 aromatic heterocycles. The van der Waals surface area contributed by atoms with Crippen molar-refractivity contribution in [1.29, 1.82) is 0 Å². The molecule has 2 bridgehead atoms. The molecule has 0 saturated carbocycles. The first-order valence-corrected chi connectivity index (χ1v) is 10.9. The van der Waals surface area contributed by atoms with Gasteiger partial charge in [0.05, 0.1) is 12.7 Å². The number of rotatable bonds is 7. The van der Waals surface area contributed by atoms with Crippen molar-refractivity contribution in [1.82, 2.24) is 4.90 Å². The zero-order valence-corrected chi connectivity index (χ0v) is 17.9.